The van der Waals surface area contributed by atoms with Crippen LogP contribution in [0.2, 0.25) is 5.02 Å². The highest BCUT2D eigenvalue weighted by molar-refractivity contribution is 9.10. The second-order valence-electron chi connectivity index (χ2n) is 6.00. The van der Waals surface area contributed by atoms with Gasteiger partial charge in [0.15, 0.2) is 0 Å². The first-order valence-electron chi connectivity index (χ1n) is 8.14. The number of nitrogens with zero attached hydrogens (tertiary/aromatic N) is 1. The monoisotopic (exact) mass is 426 g/mol. The van der Waals surface area contributed by atoms with Gasteiger partial charge in [-0.1, -0.05) is 34.0 Å². The first-order chi connectivity index (χ1) is 11.6. The van der Waals surface area contributed by atoms with Crippen LogP contribution in [0.4, 0.5) is 0 Å². The maximum Gasteiger partial charge on any atom is 0.252 e. The largest absolute Gasteiger partial charge is 0.350 e. The fourth-order valence-corrected chi connectivity index (χ4v) is 4.38. The Morgan fingerprint density at radius 2 is 2.08 bits per heavy atom. The van der Waals surface area contributed by atoms with E-state index in [4.69, 9.17) is 11.6 Å². The molecule has 1 N–H and O–H groups in total. The van der Waals surface area contributed by atoms with Crippen molar-refractivity contribution in [1.29, 1.82) is 0 Å². The Morgan fingerprint density at radius 3 is 2.79 bits per heavy atom. The summed E-state index contributed by atoms with van der Waals surface area (Å²) < 4.78 is 0.850. The van der Waals surface area contributed by atoms with E-state index >= 15 is 0 Å². The Kier molecular flexibility index (Phi) is 6.33. The van der Waals surface area contributed by atoms with Crippen LogP contribution in [0, 0.1) is 0 Å². The molecule has 1 aromatic carbocycles. The van der Waals surface area contributed by atoms with Crippen LogP contribution < -0.4 is 5.32 Å². The van der Waals surface area contributed by atoms with E-state index in [9.17, 15) is 4.79 Å². The van der Waals surface area contributed by atoms with Crippen LogP contribution in [0.15, 0.2) is 39.5 Å². The van der Waals surface area contributed by atoms with Gasteiger partial charge in [0.05, 0.1) is 16.6 Å². The molecule has 1 fully saturated rings. The van der Waals surface area contributed by atoms with Crippen LogP contribution in [0.25, 0.3) is 0 Å². The van der Waals surface area contributed by atoms with Crippen molar-refractivity contribution in [1.82, 2.24) is 10.2 Å². The lowest BCUT2D eigenvalue weighted by Gasteiger charge is -2.34. The van der Waals surface area contributed by atoms with E-state index in [2.05, 4.69) is 43.0 Å². The summed E-state index contributed by atoms with van der Waals surface area (Å²) in [5.41, 5.74) is 1.79. The molecule has 1 aromatic heterocycles. The molecule has 24 heavy (non-hydrogen) atoms. The quantitative estimate of drug-likeness (QED) is 0.718. The molecule has 0 radical (unpaired) electrons. The highest BCUT2D eigenvalue weighted by atomic mass is 79.9. The van der Waals surface area contributed by atoms with Gasteiger partial charge in [-0.15, -0.1) is 0 Å². The van der Waals surface area contributed by atoms with Crippen LogP contribution >= 0.6 is 38.9 Å². The lowest BCUT2D eigenvalue weighted by Crippen LogP contribution is -2.40. The van der Waals surface area contributed by atoms with Gasteiger partial charge < -0.3 is 5.32 Å². The topological polar surface area (TPSA) is 32.3 Å². The first-order valence-corrected chi connectivity index (χ1v) is 10.3. The zero-order chi connectivity index (χ0) is 16.9. The molecular weight excluding hydrogens is 408 g/mol. The summed E-state index contributed by atoms with van der Waals surface area (Å²) in [6, 6.07) is 7.72. The average molecular weight is 428 g/mol. The number of carbonyl (C=O) groups is 1. The molecule has 1 saturated heterocycles. The molecule has 2 heterocycles. The van der Waals surface area contributed by atoms with Crippen molar-refractivity contribution in [3.05, 3.63) is 55.6 Å². The average Bonchev–Trinajstić information content (AvgIpc) is 3.12. The molecule has 0 spiro atoms. The number of amides is 1. The van der Waals surface area contributed by atoms with Crippen LogP contribution in [0.5, 0.6) is 0 Å². The first kappa shape index (κ1) is 17.9. The predicted octanol–water partition coefficient (Wildman–Crippen LogP) is 5.12. The van der Waals surface area contributed by atoms with Gasteiger partial charge in [0.25, 0.3) is 5.91 Å². The molecule has 1 atom stereocenters. The second-order valence-corrected chi connectivity index (χ2v) is 8.11. The Labute approximate surface area is 160 Å². The molecule has 0 bridgehead atoms. The van der Waals surface area contributed by atoms with Gasteiger partial charge in [0.1, 0.15) is 0 Å². The molecule has 1 aliphatic heterocycles. The maximum absolute atomic E-state index is 12.5. The van der Waals surface area contributed by atoms with Crippen molar-refractivity contribution in [3.63, 3.8) is 0 Å². The predicted molar refractivity (Wildman–Crippen MR) is 104 cm³/mol. The number of halogens is 2. The number of carbonyl (C=O) groups excluding carboxylic acids is 1. The molecule has 2 aromatic rings. The van der Waals surface area contributed by atoms with Crippen molar-refractivity contribution in [2.75, 3.05) is 19.6 Å². The zero-order valence-electron chi connectivity index (χ0n) is 13.3. The number of thiophene rings is 1. The number of benzene rings is 1. The standard InChI is InChI=1S/C18H20BrClN2OS/c19-14-4-5-16(20)15(10-14)18(23)21-11-17(13-6-9-24-12-13)22-7-2-1-3-8-22/h4-6,9-10,12,17H,1-3,7-8,11H2,(H,21,23). The Morgan fingerprint density at radius 1 is 1.29 bits per heavy atom. The number of hydrogen-bond acceptors (Lipinski definition) is 3. The minimum atomic E-state index is -0.126. The number of rotatable bonds is 5. The minimum Gasteiger partial charge on any atom is -0.350 e. The SMILES string of the molecule is O=C(NCC(c1ccsc1)N1CCCCC1)c1cc(Br)ccc1Cl. The lowest BCUT2D eigenvalue weighted by molar-refractivity contribution is 0.0924. The van der Waals surface area contributed by atoms with Gasteiger partial charge in [-0.3, -0.25) is 9.69 Å². The van der Waals surface area contributed by atoms with E-state index in [1.54, 1.807) is 23.5 Å². The third-order valence-corrected chi connectivity index (χ3v) is 5.91. The molecular formula is C18H20BrClN2OS. The van der Waals surface area contributed by atoms with Gasteiger partial charge >= 0.3 is 0 Å². The molecule has 128 valence electrons. The summed E-state index contributed by atoms with van der Waals surface area (Å²) in [4.78, 5) is 15.0. The smallest absolute Gasteiger partial charge is 0.252 e. The second kappa shape index (κ2) is 8.48. The van der Waals surface area contributed by atoms with E-state index in [1.807, 2.05) is 6.07 Å². The van der Waals surface area contributed by atoms with Crippen LogP contribution in [0.1, 0.15) is 41.2 Å². The fourth-order valence-electron chi connectivity index (χ4n) is 3.11. The summed E-state index contributed by atoms with van der Waals surface area (Å²) in [6.07, 6.45) is 3.75. The summed E-state index contributed by atoms with van der Waals surface area (Å²) in [7, 11) is 0. The van der Waals surface area contributed by atoms with Crippen LogP contribution in [0.3, 0.4) is 0 Å². The van der Waals surface area contributed by atoms with Crippen molar-refractivity contribution in [2.45, 2.75) is 25.3 Å². The minimum absolute atomic E-state index is 0.126. The maximum atomic E-state index is 12.5. The Hall–Kier alpha value is -0.880. The molecule has 1 unspecified atom stereocenters. The summed E-state index contributed by atoms with van der Waals surface area (Å²) in [6.45, 7) is 2.78. The van der Waals surface area contributed by atoms with Crippen molar-refractivity contribution >= 4 is 44.8 Å². The van der Waals surface area contributed by atoms with Gasteiger partial charge in [-0.2, -0.15) is 11.3 Å². The zero-order valence-corrected chi connectivity index (χ0v) is 16.5. The van der Waals surface area contributed by atoms with E-state index in [0.29, 0.717) is 17.1 Å². The normalized spacial score (nSPS) is 16.8. The molecule has 6 heteroatoms. The van der Waals surface area contributed by atoms with Gasteiger partial charge in [0.2, 0.25) is 0 Å². The molecule has 3 nitrogen and oxygen atoms in total. The van der Waals surface area contributed by atoms with Crippen molar-refractivity contribution in [3.8, 4) is 0 Å². The van der Waals surface area contributed by atoms with E-state index < -0.39 is 0 Å². The third-order valence-electron chi connectivity index (χ3n) is 4.39. The molecule has 1 amide bonds. The summed E-state index contributed by atoms with van der Waals surface area (Å²) in [5, 5.41) is 7.82. The number of nitrogens with one attached hydrogen (secondary N) is 1. The van der Waals surface area contributed by atoms with Crippen molar-refractivity contribution in [2.24, 2.45) is 0 Å². The summed E-state index contributed by atoms with van der Waals surface area (Å²) in [5.74, 6) is -0.126. The van der Waals surface area contributed by atoms with Crippen LogP contribution in [-0.2, 0) is 0 Å². The number of piperidine rings is 1. The van der Waals surface area contributed by atoms with Gasteiger partial charge in [-0.25, -0.2) is 0 Å². The van der Waals surface area contributed by atoms with Gasteiger partial charge in [-0.05, 0) is 66.5 Å². The molecule has 3 rings (SSSR count). The van der Waals surface area contributed by atoms with Crippen molar-refractivity contribution < 1.29 is 4.79 Å². The Balaban J connectivity index is 1.71. The van der Waals surface area contributed by atoms with E-state index in [1.165, 1.54) is 24.8 Å². The number of hydrogen-bond donors (Lipinski definition) is 1. The summed E-state index contributed by atoms with van der Waals surface area (Å²) >= 11 is 11.3. The fraction of sp³-hybridized carbons (Fsp3) is 0.389. The van der Waals surface area contributed by atoms with Gasteiger partial charge in [0, 0.05) is 11.0 Å². The number of likely N-dealkylation sites (tertiary alicyclic amines) is 1. The van der Waals surface area contributed by atoms with Crippen LogP contribution in [-0.4, -0.2) is 30.4 Å². The third kappa shape index (κ3) is 4.39. The van der Waals surface area contributed by atoms with E-state index in [-0.39, 0.29) is 11.9 Å². The highest BCUT2D eigenvalue weighted by Gasteiger charge is 2.23. The lowest BCUT2D eigenvalue weighted by atomic mass is 10.0. The highest BCUT2D eigenvalue weighted by Crippen LogP contribution is 2.26. The van der Waals surface area contributed by atoms with E-state index in [0.717, 1.165) is 17.6 Å². The molecule has 1 aliphatic rings. The molecule has 0 saturated carbocycles. The molecule has 0 aliphatic carbocycles. The Bertz CT molecular complexity index is 686.